The maximum Gasteiger partial charge on any atom is 0.292 e. The Morgan fingerprint density at radius 1 is 1.30 bits per heavy atom. The standard InChI is InChI=1S/C15H22N2O3/c1-12-7-6-8-13(17(19)20)14(12)16-11-15(18)9-4-2-3-5-10-15/h6-8,16,18H,2-5,9-11H2,1H3. The summed E-state index contributed by atoms with van der Waals surface area (Å²) < 4.78 is 0. The lowest BCUT2D eigenvalue weighted by atomic mass is 9.94. The van der Waals surface area contributed by atoms with Crippen molar-refractivity contribution in [2.45, 2.75) is 51.0 Å². The second-order valence-corrected chi connectivity index (χ2v) is 5.72. The van der Waals surface area contributed by atoms with E-state index in [-0.39, 0.29) is 10.6 Å². The van der Waals surface area contributed by atoms with Gasteiger partial charge in [-0.15, -0.1) is 0 Å². The Labute approximate surface area is 119 Å². The highest BCUT2D eigenvalue weighted by Crippen LogP contribution is 2.31. The molecule has 5 heteroatoms. The summed E-state index contributed by atoms with van der Waals surface area (Å²) in [5.74, 6) is 0. The Bertz CT molecular complexity index is 480. The van der Waals surface area contributed by atoms with Crippen molar-refractivity contribution in [3.8, 4) is 0 Å². The first-order valence-electron chi connectivity index (χ1n) is 7.22. The fourth-order valence-corrected chi connectivity index (χ4v) is 2.85. The largest absolute Gasteiger partial charge is 0.388 e. The van der Waals surface area contributed by atoms with Crippen LogP contribution in [-0.4, -0.2) is 22.2 Å². The number of hydrogen-bond acceptors (Lipinski definition) is 4. The van der Waals surface area contributed by atoms with Crippen molar-refractivity contribution < 1.29 is 10.0 Å². The molecule has 0 bridgehead atoms. The number of aryl methyl sites for hydroxylation is 1. The fraction of sp³-hybridized carbons (Fsp3) is 0.600. The van der Waals surface area contributed by atoms with Crippen LogP contribution in [0.25, 0.3) is 0 Å². The van der Waals surface area contributed by atoms with Crippen LogP contribution in [0.2, 0.25) is 0 Å². The smallest absolute Gasteiger partial charge is 0.292 e. The van der Waals surface area contributed by atoms with Crippen LogP contribution in [-0.2, 0) is 0 Å². The number of anilines is 1. The van der Waals surface area contributed by atoms with Crippen LogP contribution in [0.4, 0.5) is 11.4 Å². The van der Waals surface area contributed by atoms with Gasteiger partial charge in [-0.1, -0.05) is 37.8 Å². The highest BCUT2D eigenvalue weighted by molar-refractivity contribution is 5.66. The Kier molecular flexibility index (Phi) is 4.60. The normalized spacial score (nSPS) is 18.3. The van der Waals surface area contributed by atoms with Crippen LogP contribution in [0, 0.1) is 17.0 Å². The molecule has 2 N–H and O–H groups in total. The fourth-order valence-electron chi connectivity index (χ4n) is 2.85. The van der Waals surface area contributed by atoms with E-state index < -0.39 is 5.60 Å². The van der Waals surface area contributed by atoms with E-state index in [4.69, 9.17) is 0 Å². The zero-order valence-corrected chi connectivity index (χ0v) is 11.9. The van der Waals surface area contributed by atoms with Crippen LogP contribution >= 0.6 is 0 Å². The summed E-state index contributed by atoms with van der Waals surface area (Å²) in [5.41, 5.74) is 0.681. The third kappa shape index (κ3) is 3.48. The van der Waals surface area contributed by atoms with Gasteiger partial charge >= 0.3 is 0 Å². The van der Waals surface area contributed by atoms with Crippen LogP contribution in [0.5, 0.6) is 0 Å². The summed E-state index contributed by atoms with van der Waals surface area (Å²) in [6.45, 7) is 2.21. The molecule has 0 amide bonds. The monoisotopic (exact) mass is 278 g/mol. The van der Waals surface area contributed by atoms with Gasteiger partial charge in [0, 0.05) is 12.6 Å². The number of benzene rings is 1. The predicted octanol–water partition coefficient (Wildman–Crippen LogP) is 3.40. The first kappa shape index (κ1) is 14.8. The van der Waals surface area contributed by atoms with Crippen LogP contribution in [0.15, 0.2) is 18.2 Å². The average molecular weight is 278 g/mol. The molecule has 0 aliphatic heterocycles. The van der Waals surface area contributed by atoms with E-state index in [9.17, 15) is 15.2 Å². The first-order chi connectivity index (χ1) is 9.52. The number of hydrogen-bond donors (Lipinski definition) is 2. The Hall–Kier alpha value is -1.62. The highest BCUT2D eigenvalue weighted by Gasteiger charge is 2.28. The molecular weight excluding hydrogens is 256 g/mol. The second-order valence-electron chi connectivity index (χ2n) is 5.72. The van der Waals surface area contributed by atoms with Crippen LogP contribution < -0.4 is 5.32 Å². The lowest BCUT2D eigenvalue weighted by Gasteiger charge is -2.27. The van der Waals surface area contributed by atoms with Gasteiger partial charge in [-0.05, 0) is 25.3 Å². The molecule has 1 fully saturated rings. The van der Waals surface area contributed by atoms with Crippen molar-refractivity contribution in [3.63, 3.8) is 0 Å². The molecule has 20 heavy (non-hydrogen) atoms. The number of nitro groups is 1. The minimum absolute atomic E-state index is 0.0715. The molecule has 0 spiro atoms. The van der Waals surface area contributed by atoms with Crippen molar-refractivity contribution in [1.82, 2.24) is 0 Å². The number of rotatable bonds is 4. The van der Waals surface area contributed by atoms with Gasteiger partial charge in [0.25, 0.3) is 5.69 Å². The Balaban J connectivity index is 2.12. The third-order valence-electron chi connectivity index (χ3n) is 4.08. The van der Waals surface area contributed by atoms with Gasteiger partial charge in [-0.25, -0.2) is 0 Å². The van der Waals surface area contributed by atoms with Crippen LogP contribution in [0.1, 0.15) is 44.1 Å². The van der Waals surface area contributed by atoms with Crippen molar-refractivity contribution in [1.29, 1.82) is 0 Å². The number of nitro benzene ring substituents is 1. The third-order valence-corrected chi connectivity index (χ3v) is 4.08. The molecule has 0 radical (unpaired) electrons. The molecule has 110 valence electrons. The van der Waals surface area contributed by atoms with Crippen LogP contribution in [0.3, 0.4) is 0 Å². The summed E-state index contributed by atoms with van der Waals surface area (Å²) >= 11 is 0. The molecule has 0 heterocycles. The topological polar surface area (TPSA) is 75.4 Å². The van der Waals surface area contributed by atoms with Crippen molar-refractivity contribution >= 4 is 11.4 Å². The zero-order chi connectivity index (χ0) is 14.6. The predicted molar refractivity (Wildman–Crippen MR) is 79.0 cm³/mol. The lowest BCUT2D eigenvalue weighted by Crippen LogP contribution is -2.36. The van der Waals surface area contributed by atoms with Crippen molar-refractivity contribution in [2.75, 3.05) is 11.9 Å². The molecule has 5 nitrogen and oxygen atoms in total. The molecule has 0 aromatic heterocycles. The Morgan fingerprint density at radius 3 is 2.55 bits per heavy atom. The lowest BCUT2D eigenvalue weighted by molar-refractivity contribution is -0.384. The molecule has 1 aromatic carbocycles. The molecule has 0 unspecified atom stereocenters. The minimum Gasteiger partial charge on any atom is -0.388 e. The maximum atomic E-state index is 11.1. The molecule has 1 saturated carbocycles. The zero-order valence-electron chi connectivity index (χ0n) is 11.9. The van der Waals surface area contributed by atoms with E-state index in [0.29, 0.717) is 12.2 Å². The Morgan fingerprint density at radius 2 is 1.95 bits per heavy atom. The summed E-state index contributed by atoms with van der Waals surface area (Å²) in [5, 5.41) is 24.8. The van der Waals surface area contributed by atoms with Gasteiger partial charge in [0.05, 0.1) is 10.5 Å². The minimum atomic E-state index is -0.743. The SMILES string of the molecule is Cc1cccc([N+](=O)[O-])c1NCC1(O)CCCCCC1. The summed E-state index contributed by atoms with van der Waals surface area (Å²) in [7, 11) is 0. The maximum absolute atomic E-state index is 11.1. The summed E-state index contributed by atoms with van der Waals surface area (Å²) in [4.78, 5) is 10.7. The van der Waals surface area contributed by atoms with E-state index in [1.807, 2.05) is 13.0 Å². The van der Waals surface area contributed by atoms with E-state index in [0.717, 1.165) is 44.1 Å². The van der Waals surface area contributed by atoms with Gasteiger partial charge in [0.2, 0.25) is 0 Å². The van der Waals surface area contributed by atoms with E-state index in [1.165, 1.54) is 6.07 Å². The van der Waals surface area contributed by atoms with E-state index in [1.54, 1.807) is 6.07 Å². The van der Waals surface area contributed by atoms with Gasteiger partial charge in [-0.2, -0.15) is 0 Å². The molecule has 1 aromatic rings. The van der Waals surface area contributed by atoms with Crippen molar-refractivity contribution in [3.05, 3.63) is 33.9 Å². The van der Waals surface area contributed by atoms with Gasteiger partial charge in [0.1, 0.15) is 5.69 Å². The summed E-state index contributed by atoms with van der Waals surface area (Å²) in [6.07, 6.45) is 5.89. The highest BCUT2D eigenvalue weighted by atomic mass is 16.6. The van der Waals surface area contributed by atoms with Crippen molar-refractivity contribution in [2.24, 2.45) is 0 Å². The number of nitrogens with zero attached hydrogens (tertiary/aromatic N) is 1. The average Bonchev–Trinajstić information content (AvgIpc) is 2.62. The molecule has 0 atom stereocenters. The first-order valence-corrected chi connectivity index (χ1v) is 7.22. The molecular formula is C15H22N2O3. The number of para-hydroxylation sites is 1. The van der Waals surface area contributed by atoms with Gasteiger partial charge < -0.3 is 10.4 Å². The van der Waals surface area contributed by atoms with E-state index in [2.05, 4.69) is 5.32 Å². The number of aliphatic hydroxyl groups is 1. The summed E-state index contributed by atoms with van der Waals surface area (Å²) in [6, 6.07) is 5.01. The van der Waals surface area contributed by atoms with E-state index >= 15 is 0 Å². The molecule has 1 aliphatic carbocycles. The molecule has 2 rings (SSSR count). The molecule has 1 aliphatic rings. The van der Waals surface area contributed by atoms with Gasteiger partial charge in [-0.3, -0.25) is 10.1 Å². The number of nitrogens with one attached hydrogen (secondary N) is 1. The molecule has 0 saturated heterocycles. The van der Waals surface area contributed by atoms with Gasteiger partial charge in [0.15, 0.2) is 0 Å². The second kappa shape index (κ2) is 6.22. The quantitative estimate of drug-likeness (QED) is 0.503.